The Kier molecular flexibility index (Phi) is 6.19. The molecule has 0 bridgehead atoms. The number of carbonyl (C=O) groups is 1. The van der Waals surface area contributed by atoms with Crippen molar-refractivity contribution >= 4 is 28.4 Å². The summed E-state index contributed by atoms with van der Waals surface area (Å²) in [5.41, 5.74) is 3.39. The second-order valence-corrected chi connectivity index (χ2v) is 7.69. The number of amides is 1. The van der Waals surface area contributed by atoms with Crippen LogP contribution >= 0.6 is 11.6 Å². The number of aromatic amines is 1. The molecule has 0 spiro atoms. The van der Waals surface area contributed by atoms with Gasteiger partial charge in [0.2, 0.25) is 0 Å². The Morgan fingerprint density at radius 1 is 1.07 bits per heavy atom. The predicted molar refractivity (Wildman–Crippen MR) is 111 cm³/mol. The van der Waals surface area contributed by atoms with Gasteiger partial charge in [0.1, 0.15) is 0 Å². The van der Waals surface area contributed by atoms with Crippen molar-refractivity contribution in [3.05, 3.63) is 70.9 Å². The van der Waals surface area contributed by atoms with Gasteiger partial charge < -0.3 is 15.6 Å². The number of quaternary nitrogens is 1. The summed E-state index contributed by atoms with van der Waals surface area (Å²) in [5.74, 6) is 0.144. The van der Waals surface area contributed by atoms with Crippen LogP contribution in [0.15, 0.2) is 54.7 Å². The van der Waals surface area contributed by atoms with Gasteiger partial charge in [0.15, 0.2) is 6.04 Å². The van der Waals surface area contributed by atoms with Gasteiger partial charge in [-0.3, -0.25) is 4.79 Å². The molecular weight excluding hydrogens is 358 g/mol. The van der Waals surface area contributed by atoms with Crippen molar-refractivity contribution in [1.29, 1.82) is 0 Å². The van der Waals surface area contributed by atoms with E-state index in [0.29, 0.717) is 0 Å². The molecule has 0 aliphatic carbocycles. The van der Waals surface area contributed by atoms with Crippen LogP contribution in [0.3, 0.4) is 0 Å². The molecule has 0 fully saturated rings. The molecular formula is C22H27ClN3O+. The van der Waals surface area contributed by atoms with E-state index in [1.165, 1.54) is 10.9 Å². The summed E-state index contributed by atoms with van der Waals surface area (Å²) in [6, 6.07) is 16.2. The van der Waals surface area contributed by atoms with E-state index in [1.54, 1.807) is 0 Å². The summed E-state index contributed by atoms with van der Waals surface area (Å²) in [7, 11) is 0. The molecule has 4 nitrogen and oxygen atoms in total. The highest BCUT2D eigenvalue weighted by atomic mass is 35.5. The standard InChI is InChI=1S/C22H26ClN3O/c1-14(2)26-22(27)15(3)24-12-18(16-8-4-6-10-20(16)23)19-13-25-21-11-7-5-9-17(19)21/h4-11,13-15,18,24-25H,12H2,1-3H3,(H,26,27)/p+1/t15-,18+/m1/s1. The zero-order valence-electron chi connectivity index (χ0n) is 16.0. The first-order valence-corrected chi connectivity index (χ1v) is 9.79. The predicted octanol–water partition coefficient (Wildman–Crippen LogP) is 3.43. The third-order valence-corrected chi connectivity index (χ3v) is 5.19. The Labute approximate surface area is 165 Å². The molecule has 0 unspecified atom stereocenters. The Morgan fingerprint density at radius 2 is 1.78 bits per heavy atom. The molecule has 5 heteroatoms. The maximum atomic E-state index is 12.3. The number of benzene rings is 2. The van der Waals surface area contributed by atoms with Crippen LogP contribution in [0.25, 0.3) is 10.9 Å². The normalized spacial score (nSPS) is 13.7. The first-order chi connectivity index (χ1) is 13.0. The second-order valence-electron chi connectivity index (χ2n) is 7.29. The molecule has 2 atom stereocenters. The summed E-state index contributed by atoms with van der Waals surface area (Å²) < 4.78 is 0. The van der Waals surface area contributed by atoms with Crippen molar-refractivity contribution in [3.63, 3.8) is 0 Å². The molecule has 3 rings (SSSR count). The van der Waals surface area contributed by atoms with Crippen molar-refractivity contribution < 1.29 is 10.1 Å². The number of nitrogens with two attached hydrogens (primary N) is 1. The fourth-order valence-electron chi connectivity index (χ4n) is 3.42. The van der Waals surface area contributed by atoms with E-state index in [0.717, 1.165) is 22.6 Å². The van der Waals surface area contributed by atoms with Crippen LogP contribution in [-0.2, 0) is 4.79 Å². The van der Waals surface area contributed by atoms with E-state index in [4.69, 9.17) is 11.6 Å². The Morgan fingerprint density at radius 3 is 2.52 bits per heavy atom. The van der Waals surface area contributed by atoms with Crippen LogP contribution in [-0.4, -0.2) is 29.5 Å². The van der Waals surface area contributed by atoms with Gasteiger partial charge >= 0.3 is 0 Å². The number of H-pyrrole nitrogens is 1. The molecule has 2 aromatic carbocycles. The molecule has 142 valence electrons. The third kappa shape index (κ3) is 4.52. The highest BCUT2D eigenvalue weighted by molar-refractivity contribution is 6.31. The summed E-state index contributed by atoms with van der Waals surface area (Å²) in [4.78, 5) is 15.7. The SMILES string of the molecule is CC(C)NC(=O)[C@@H](C)[NH2+]C[C@@H](c1ccccc1Cl)c1c[nH]c2ccccc12. The number of nitrogens with one attached hydrogen (secondary N) is 2. The lowest BCUT2D eigenvalue weighted by Gasteiger charge is -2.20. The van der Waals surface area contributed by atoms with Gasteiger partial charge in [0, 0.05) is 28.2 Å². The minimum Gasteiger partial charge on any atom is -0.361 e. The molecule has 0 saturated carbocycles. The smallest absolute Gasteiger partial charge is 0.278 e. The third-order valence-electron chi connectivity index (χ3n) is 4.85. The topological polar surface area (TPSA) is 61.5 Å². The van der Waals surface area contributed by atoms with Gasteiger partial charge in [-0.15, -0.1) is 0 Å². The van der Waals surface area contributed by atoms with Crippen molar-refractivity contribution in [1.82, 2.24) is 10.3 Å². The van der Waals surface area contributed by atoms with E-state index in [2.05, 4.69) is 40.0 Å². The zero-order chi connectivity index (χ0) is 19.4. The van der Waals surface area contributed by atoms with E-state index < -0.39 is 0 Å². The fourth-order valence-corrected chi connectivity index (χ4v) is 3.69. The van der Waals surface area contributed by atoms with Crippen LogP contribution in [0, 0.1) is 0 Å². The summed E-state index contributed by atoms with van der Waals surface area (Å²) >= 11 is 6.53. The Hall–Kier alpha value is -2.30. The van der Waals surface area contributed by atoms with Crippen LogP contribution in [0.4, 0.5) is 0 Å². The van der Waals surface area contributed by atoms with Gasteiger partial charge in [-0.2, -0.15) is 0 Å². The van der Waals surface area contributed by atoms with Crippen LogP contribution < -0.4 is 10.6 Å². The summed E-state index contributed by atoms with van der Waals surface area (Å²) in [6.07, 6.45) is 2.06. The molecule has 0 radical (unpaired) electrons. The summed E-state index contributed by atoms with van der Waals surface area (Å²) in [5, 5.41) is 7.01. The molecule has 1 aromatic heterocycles. The van der Waals surface area contributed by atoms with Gasteiger partial charge in [0.05, 0.1) is 12.5 Å². The van der Waals surface area contributed by atoms with E-state index >= 15 is 0 Å². The largest absolute Gasteiger partial charge is 0.361 e. The average molecular weight is 385 g/mol. The quantitative estimate of drug-likeness (QED) is 0.574. The first-order valence-electron chi connectivity index (χ1n) is 9.41. The number of para-hydroxylation sites is 1. The lowest BCUT2D eigenvalue weighted by atomic mass is 9.90. The number of rotatable bonds is 7. The van der Waals surface area contributed by atoms with Gasteiger partial charge in [-0.1, -0.05) is 48.0 Å². The van der Waals surface area contributed by atoms with Crippen LogP contribution in [0.1, 0.15) is 37.8 Å². The molecule has 3 aromatic rings. The number of carbonyl (C=O) groups excluding carboxylic acids is 1. The molecule has 0 aliphatic rings. The van der Waals surface area contributed by atoms with Crippen LogP contribution in [0.5, 0.6) is 0 Å². The maximum Gasteiger partial charge on any atom is 0.278 e. The van der Waals surface area contributed by atoms with Gasteiger partial charge in [-0.05, 0) is 44.0 Å². The maximum absolute atomic E-state index is 12.3. The van der Waals surface area contributed by atoms with E-state index in [9.17, 15) is 4.79 Å². The van der Waals surface area contributed by atoms with Crippen molar-refractivity contribution in [3.8, 4) is 0 Å². The minimum absolute atomic E-state index is 0.0573. The van der Waals surface area contributed by atoms with Gasteiger partial charge in [0.25, 0.3) is 5.91 Å². The average Bonchev–Trinajstić information content (AvgIpc) is 3.06. The molecule has 4 N–H and O–H groups in total. The number of hydrogen-bond acceptors (Lipinski definition) is 1. The number of halogens is 1. The molecule has 1 heterocycles. The molecule has 1 amide bonds. The monoisotopic (exact) mass is 384 g/mol. The molecule has 0 aliphatic heterocycles. The van der Waals surface area contributed by atoms with E-state index in [1.807, 2.05) is 51.1 Å². The Balaban J connectivity index is 1.90. The molecule has 27 heavy (non-hydrogen) atoms. The minimum atomic E-state index is -0.164. The van der Waals surface area contributed by atoms with E-state index in [-0.39, 0.29) is 23.9 Å². The number of aromatic nitrogens is 1. The van der Waals surface area contributed by atoms with Crippen molar-refractivity contribution in [2.45, 2.75) is 38.8 Å². The fraction of sp³-hybridized carbons (Fsp3) is 0.318. The lowest BCUT2D eigenvalue weighted by Crippen LogP contribution is -2.92. The highest BCUT2D eigenvalue weighted by Crippen LogP contribution is 2.33. The number of fused-ring (bicyclic) bond motifs is 1. The van der Waals surface area contributed by atoms with Crippen LogP contribution in [0.2, 0.25) is 5.02 Å². The van der Waals surface area contributed by atoms with Crippen molar-refractivity contribution in [2.24, 2.45) is 0 Å². The van der Waals surface area contributed by atoms with Crippen molar-refractivity contribution in [2.75, 3.05) is 6.54 Å². The summed E-state index contributed by atoms with van der Waals surface area (Å²) in [6.45, 7) is 6.63. The zero-order valence-corrected chi connectivity index (χ0v) is 16.8. The second kappa shape index (κ2) is 8.59. The molecule has 0 saturated heterocycles. The van der Waals surface area contributed by atoms with Gasteiger partial charge in [-0.25, -0.2) is 0 Å². The first kappa shape index (κ1) is 19.5. The Bertz CT molecular complexity index is 919. The highest BCUT2D eigenvalue weighted by Gasteiger charge is 2.25. The lowest BCUT2D eigenvalue weighted by molar-refractivity contribution is -0.674. The number of hydrogen-bond donors (Lipinski definition) is 3.